The minimum absolute atomic E-state index is 0.00214. The van der Waals surface area contributed by atoms with Crippen LogP contribution in [0.1, 0.15) is 5.56 Å². The van der Waals surface area contributed by atoms with Gasteiger partial charge in [0.05, 0.1) is 4.92 Å². The summed E-state index contributed by atoms with van der Waals surface area (Å²) in [4.78, 5) is 14.1. The topological polar surface area (TPSA) is 98.5 Å². The van der Waals surface area contributed by atoms with Gasteiger partial charge in [-0.1, -0.05) is 17.0 Å². The number of hydrogen-bond acceptors (Lipinski definition) is 5. The number of hydrogen-bond donors (Lipinski definition) is 1. The molecule has 20 heavy (non-hydrogen) atoms. The first-order chi connectivity index (χ1) is 9.04. The normalized spacial score (nSPS) is 12.4. The van der Waals surface area contributed by atoms with Gasteiger partial charge in [-0.3, -0.25) is 15.0 Å². The third-order valence-electron chi connectivity index (χ3n) is 2.06. The maximum absolute atomic E-state index is 11.9. The molecule has 0 aliphatic carbocycles. The zero-order chi connectivity index (χ0) is 15.6. The molecule has 0 spiro atoms. The monoisotopic (exact) mass is 314 g/mol. The largest absolute Gasteiger partial charge is 0.413 e. The minimum atomic E-state index is -4.74. The summed E-state index contributed by atoms with van der Waals surface area (Å²) >= 11 is 0. The van der Waals surface area contributed by atoms with E-state index in [-0.39, 0.29) is 5.56 Å². The molecule has 0 bridgehead atoms. The Balaban J connectivity index is 3.07. The molecule has 112 valence electrons. The Morgan fingerprint density at radius 1 is 1.40 bits per heavy atom. The minimum Gasteiger partial charge on any atom is -0.277 e. The number of nitro benzene ring substituents is 1. The molecule has 0 aromatic heterocycles. The van der Waals surface area contributed by atoms with Gasteiger partial charge in [0, 0.05) is 6.07 Å². The number of aryl methyl sites for hydroxylation is 1. The smallest absolute Gasteiger partial charge is 0.277 e. The highest BCUT2D eigenvalue weighted by molar-refractivity contribution is 7.89. The first-order valence-corrected chi connectivity index (χ1v) is 6.47. The lowest BCUT2D eigenvalue weighted by Gasteiger charge is -2.10. The Labute approximate surface area is 111 Å². The maximum Gasteiger partial charge on any atom is 0.413 e. The first-order valence-electron chi connectivity index (χ1n) is 4.99. The van der Waals surface area contributed by atoms with Crippen molar-refractivity contribution in [2.45, 2.75) is 18.0 Å². The highest BCUT2D eigenvalue weighted by atomic mass is 32.2. The van der Waals surface area contributed by atoms with E-state index in [0.717, 1.165) is 6.07 Å². The van der Waals surface area contributed by atoms with E-state index in [1.54, 1.807) is 0 Å². The van der Waals surface area contributed by atoms with Crippen molar-refractivity contribution in [3.05, 3.63) is 33.9 Å². The van der Waals surface area contributed by atoms with E-state index >= 15 is 0 Å². The molecule has 1 N–H and O–H groups in total. The second-order valence-electron chi connectivity index (χ2n) is 3.67. The van der Waals surface area contributed by atoms with Gasteiger partial charge in [0.15, 0.2) is 11.5 Å². The van der Waals surface area contributed by atoms with Crippen molar-refractivity contribution >= 4 is 15.7 Å². The number of nitro groups is 1. The summed E-state index contributed by atoms with van der Waals surface area (Å²) in [7, 11) is -4.60. The zero-order valence-corrected chi connectivity index (χ0v) is 10.8. The average molecular weight is 314 g/mol. The van der Waals surface area contributed by atoms with Crippen molar-refractivity contribution < 1.29 is 31.3 Å². The molecule has 1 aromatic carbocycles. The predicted molar refractivity (Wildman–Crippen MR) is 60.2 cm³/mol. The van der Waals surface area contributed by atoms with Crippen LogP contribution in [0.4, 0.5) is 18.9 Å². The molecular formula is C9H9F3N2O5S. The Morgan fingerprint density at radius 3 is 2.50 bits per heavy atom. The number of nitrogens with one attached hydrogen (secondary N) is 1. The third-order valence-corrected chi connectivity index (χ3v) is 3.47. The van der Waals surface area contributed by atoms with Crippen LogP contribution in [0, 0.1) is 17.0 Å². The molecule has 1 aromatic rings. The Kier molecular flexibility index (Phi) is 4.68. The van der Waals surface area contributed by atoms with E-state index in [2.05, 4.69) is 4.84 Å². The Bertz CT molecular complexity index is 614. The second-order valence-corrected chi connectivity index (χ2v) is 5.25. The fourth-order valence-corrected chi connectivity index (χ4v) is 2.57. The van der Waals surface area contributed by atoms with E-state index in [1.165, 1.54) is 23.9 Å². The summed E-state index contributed by atoms with van der Waals surface area (Å²) in [5.41, 5.74) is -0.754. The van der Waals surface area contributed by atoms with Crippen LogP contribution in [0.5, 0.6) is 0 Å². The Morgan fingerprint density at radius 2 is 2.00 bits per heavy atom. The van der Waals surface area contributed by atoms with Crippen LogP contribution >= 0.6 is 0 Å². The van der Waals surface area contributed by atoms with Gasteiger partial charge in [-0.05, 0) is 12.5 Å². The highest BCUT2D eigenvalue weighted by Gasteiger charge is 2.31. The van der Waals surface area contributed by atoms with E-state index in [1.807, 2.05) is 0 Å². The van der Waals surface area contributed by atoms with Crippen molar-refractivity contribution in [1.29, 1.82) is 0 Å². The van der Waals surface area contributed by atoms with Gasteiger partial charge < -0.3 is 0 Å². The molecule has 0 saturated carbocycles. The van der Waals surface area contributed by atoms with Gasteiger partial charge in [-0.2, -0.15) is 13.2 Å². The second kappa shape index (κ2) is 5.73. The number of nitrogens with zero attached hydrogens (tertiary/aromatic N) is 1. The predicted octanol–water partition coefficient (Wildman–Crippen LogP) is 1.68. The molecule has 0 amide bonds. The van der Waals surface area contributed by atoms with Crippen molar-refractivity contribution in [2.24, 2.45) is 0 Å². The summed E-state index contributed by atoms with van der Waals surface area (Å²) in [6.45, 7) is -0.586. The SMILES string of the molecule is Cc1cccc([N+](=O)[O-])c1S(=O)(=O)NOCC(F)(F)F. The molecule has 0 fully saturated rings. The van der Waals surface area contributed by atoms with E-state index < -0.39 is 38.3 Å². The van der Waals surface area contributed by atoms with Crippen LogP contribution in [0.2, 0.25) is 0 Å². The average Bonchev–Trinajstić information content (AvgIpc) is 2.25. The van der Waals surface area contributed by atoms with E-state index in [0.29, 0.717) is 0 Å². The maximum atomic E-state index is 11.9. The summed E-state index contributed by atoms with van der Waals surface area (Å²) in [5, 5.41) is 10.7. The molecule has 0 unspecified atom stereocenters. The van der Waals surface area contributed by atoms with Gasteiger partial charge in [0.2, 0.25) is 0 Å². The van der Waals surface area contributed by atoms with Crippen molar-refractivity contribution in [2.75, 3.05) is 6.61 Å². The summed E-state index contributed by atoms with van der Waals surface area (Å²) in [6.07, 6.45) is -4.74. The lowest BCUT2D eigenvalue weighted by atomic mass is 10.2. The fourth-order valence-electron chi connectivity index (χ4n) is 1.36. The molecule has 0 atom stereocenters. The standard InChI is InChI=1S/C9H9F3N2O5S/c1-6-3-2-4-7(14(15)16)8(6)20(17,18)13-19-5-9(10,11)12/h2-4,13H,5H2,1H3. The third kappa shape index (κ3) is 4.15. The summed E-state index contributed by atoms with van der Waals surface area (Å²) < 4.78 is 59.1. The van der Waals surface area contributed by atoms with Crippen LogP contribution in [0.25, 0.3) is 0 Å². The molecule has 0 saturated heterocycles. The van der Waals surface area contributed by atoms with Crippen LogP contribution < -0.4 is 4.89 Å². The molecule has 0 heterocycles. The zero-order valence-electron chi connectivity index (χ0n) is 9.97. The molecule has 11 heteroatoms. The number of sulfonamides is 1. The van der Waals surface area contributed by atoms with Crippen LogP contribution in [0.15, 0.2) is 23.1 Å². The molecule has 7 nitrogen and oxygen atoms in total. The number of rotatable bonds is 5. The van der Waals surface area contributed by atoms with Crippen molar-refractivity contribution in [3.8, 4) is 0 Å². The number of alkyl halides is 3. The van der Waals surface area contributed by atoms with Crippen molar-refractivity contribution in [3.63, 3.8) is 0 Å². The van der Waals surface area contributed by atoms with E-state index in [9.17, 15) is 31.7 Å². The fraction of sp³-hybridized carbons (Fsp3) is 0.333. The first kappa shape index (κ1) is 16.3. The van der Waals surface area contributed by atoms with Crippen LogP contribution in [-0.2, 0) is 14.9 Å². The molecule has 0 aliphatic heterocycles. The van der Waals surface area contributed by atoms with Crippen LogP contribution in [-0.4, -0.2) is 26.1 Å². The molecular weight excluding hydrogens is 305 g/mol. The summed E-state index contributed by atoms with van der Waals surface area (Å²) in [5.74, 6) is 0. The number of benzene rings is 1. The molecule has 1 rings (SSSR count). The number of halogens is 3. The Hall–Kier alpha value is -1.72. The summed E-state index contributed by atoms with van der Waals surface area (Å²) in [6, 6.07) is 3.44. The van der Waals surface area contributed by atoms with Crippen LogP contribution in [0.3, 0.4) is 0 Å². The highest BCUT2D eigenvalue weighted by Crippen LogP contribution is 2.26. The van der Waals surface area contributed by atoms with Gasteiger partial charge >= 0.3 is 6.18 Å². The lowest BCUT2D eigenvalue weighted by Crippen LogP contribution is -2.30. The lowest BCUT2D eigenvalue weighted by molar-refractivity contribution is -0.387. The van der Waals surface area contributed by atoms with E-state index in [4.69, 9.17) is 0 Å². The molecule has 0 radical (unpaired) electrons. The van der Waals surface area contributed by atoms with Gasteiger partial charge in [-0.25, -0.2) is 8.42 Å². The van der Waals surface area contributed by atoms with Crippen molar-refractivity contribution in [1.82, 2.24) is 4.89 Å². The van der Waals surface area contributed by atoms with Gasteiger partial charge in [-0.15, -0.1) is 0 Å². The quantitative estimate of drug-likeness (QED) is 0.658. The van der Waals surface area contributed by atoms with Gasteiger partial charge in [0.25, 0.3) is 15.7 Å². The molecule has 0 aliphatic rings. The van der Waals surface area contributed by atoms with Gasteiger partial charge in [0.1, 0.15) is 0 Å².